The highest BCUT2D eigenvalue weighted by molar-refractivity contribution is 7.89. The van der Waals surface area contributed by atoms with Crippen LogP contribution in [0.15, 0.2) is 77.8 Å². The third kappa shape index (κ3) is 3.12. The van der Waals surface area contributed by atoms with Gasteiger partial charge in [0.2, 0.25) is 10.0 Å². The summed E-state index contributed by atoms with van der Waals surface area (Å²) < 4.78 is 24.6. The highest BCUT2D eigenvalue weighted by Crippen LogP contribution is 2.28. The maximum atomic E-state index is 12.3. The molecule has 3 aromatic rings. The quantitative estimate of drug-likeness (QED) is 0.748. The first-order valence-corrected chi connectivity index (χ1v) is 9.74. The third-order valence-corrected chi connectivity index (χ3v) is 5.52. The van der Waals surface area contributed by atoms with Crippen LogP contribution in [0.4, 0.5) is 11.4 Å². The molecule has 1 aliphatic heterocycles. The average molecular weight is 363 g/mol. The first-order valence-electron chi connectivity index (χ1n) is 8.13. The minimum absolute atomic E-state index is 0.592. The maximum Gasteiger partial charge on any atom is 0.220 e. The summed E-state index contributed by atoms with van der Waals surface area (Å²) in [5, 5.41) is 9.42. The van der Waals surface area contributed by atoms with Gasteiger partial charge in [-0.25, -0.2) is 18.5 Å². The van der Waals surface area contributed by atoms with Crippen molar-refractivity contribution in [3.8, 4) is 0 Å². The van der Waals surface area contributed by atoms with Crippen LogP contribution in [-0.4, -0.2) is 8.42 Å². The Hall–Kier alpha value is -2.96. The highest BCUT2D eigenvalue weighted by atomic mass is 32.2. The topological polar surface area (TPSA) is 84.6 Å². The van der Waals surface area contributed by atoms with Gasteiger partial charge < -0.3 is 5.32 Å². The van der Waals surface area contributed by atoms with E-state index in [1.165, 1.54) is 0 Å². The third-order valence-electron chi connectivity index (χ3n) is 4.32. The van der Waals surface area contributed by atoms with E-state index >= 15 is 0 Å². The van der Waals surface area contributed by atoms with Crippen molar-refractivity contribution in [1.82, 2.24) is 0 Å². The molecule has 1 aliphatic rings. The molecular formula is C20H17N3O2S. The predicted octanol–water partition coefficient (Wildman–Crippen LogP) is 2.18. The van der Waals surface area contributed by atoms with E-state index < -0.39 is 15.3 Å². The maximum absolute atomic E-state index is 12.3. The number of hydrogen-bond acceptors (Lipinski definition) is 4. The number of anilines is 1. The lowest BCUT2D eigenvalue weighted by Crippen LogP contribution is -2.28. The second kappa shape index (κ2) is 6.40. The minimum atomic E-state index is -3.83. The molecule has 0 radical (unpaired) electrons. The number of para-hydroxylation sites is 2. The fourth-order valence-electron chi connectivity index (χ4n) is 3.12. The zero-order chi connectivity index (χ0) is 18.1. The Labute approximate surface area is 151 Å². The summed E-state index contributed by atoms with van der Waals surface area (Å²) in [5.74, 6) is 0. The van der Waals surface area contributed by atoms with Crippen molar-refractivity contribution in [2.24, 2.45) is 10.1 Å². The number of nitrogens with two attached hydrogens (primary N) is 1. The molecule has 0 spiro atoms. The fraction of sp³-hybridized carbons (Fsp3) is 0.0500. The Bertz CT molecular complexity index is 1190. The first kappa shape index (κ1) is 16.5. The van der Waals surface area contributed by atoms with Gasteiger partial charge >= 0.3 is 0 Å². The van der Waals surface area contributed by atoms with Gasteiger partial charge in [-0.05, 0) is 29.3 Å². The number of nitrogens with one attached hydrogen (secondary N) is 1. The molecule has 0 saturated heterocycles. The Morgan fingerprint density at radius 1 is 0.885 bits per heavy atom. The summed E-state index contributed by atoms with van der Waals surface area (Å²) in [6.07, 6.45) is 1.86. The van der Waals surface area contributed by atoms with Crippen molar-refractivity contribution in [3.05, 3.63) is 94.5 Å². The van der Waals surface area contributed by atoms with E-state index in [2.05, 4.69) is 5.32 Å². The Morgan fingerprint density at radius 3 is 2.38 bits per heavy atom. The molecule has 0 aliphatic carbocycles. The van der Waals surface area contributed by atoms with Crippen LogP contribution < -0.4 is 21.0 Å². The normalized spacial score (nSPS) is 13.9. The lowest BCUT2D eigenvalue weighted by molar-refractivity contribution is 0.591. The van der Waals surface area contributed by atoms with Gasteiger partial charge in [0.1, 0.15) is 5.25 Å². The van der Waals surface area contributed by atoms with Gasteiger partial charge in [0.15, 0.2) is 0 Å². The van der Waals surface area contributed by atoms with Crippen molar-refractivity contribution in [2.75, 3.05) is 5.32 Å². The number of sulfonamides is 1. The molecule has 5 nitrogen and oxygen atoms in total. The van der Waals surface area contributed by atoms with E-state index in [-0.39, 0.29) is 0 Å². The van der Waals surface area contributed by atoms with Gasteiger partial charge in [0, 0.05) is 11.4 Å². The summed E-state index contributed by atoms with van der Waals surface area (Å²) in [6.45, 7) is 0. The van der Waals surface area contributed by atoms with Gasteiger partial charge in [-0.15, -0.1) is 0 Å². The van der Waals surface area contributed by atoms with Crippen molar-refractivity contribution in [3.63, 3.8) is 0 Å². The van der Waals surface area contributed by atoms with E-state index in [1.807, 2.05) is 42.6 Å². The molecule has 130 valence electrons. The molecule has 1 heterocycles. The summed E-state index contributed by atoms with van der Waals surface area (Å²) in [6, 6.07) is 22.1. The van der Waals surface area contributed by atoms with Crippen LogP contribution in [0.2, 0.25) is 0 Å². The molecule has 1 atom stereocenters. The van der Waals surface area contributed by atoms with E-state index in [0.717, 1.165) is 16.6 Å². The second-order valence-corrected chi connectivity index (χ2v) is 7.77. The van der Waals surface area contributed by atoms with Gasteiger partial charge in [0.05, 0.1) is 16.7 Å². The summed E-state index contributed by atoms with van der Waals surface area (Å²) in [4.78, 5) is 4.69. The van der Waals surface area contributed by atoms with Gasteiger partial charge in [-0.3, -0.25) is 0 Å². The molecule has 3 aromatic carbocycles. The lowest BCUT2D eigenvalue weighted by atomic mass is 10.0. The van der Waals surface area contributed by atoms with Crippen molar-refractivity contribution in [1.29, 1.82) is 0 Å². The Morgan fingerprint density at radius 2 is 1.62 bits per heavy atom. The molecule has 0 amide bonds. The molecule has 1 unspecified atom stereocenters. The minimum Gasteiger partial charge on any atom is -0.359 e. The van der Waals surface area contributed by atoms with Crippen LogP contribution in [0, 0.1) is 0 Å². The Balaban J connectivity index is 1.93. The molecule has 6 heteroatoms. The van der Waals surface area contributed by atoms with Crippen molar-refractivity contribution < 1.29 is 8.42 Å². The number of primary sulfonamides is 1. The number of hydrogen-bond donors (Lipinski definition) is 2. The van der Waals surface area contributed by atoms with Crippen LogP contribution in [0.5, 0.6) is 0 Å². The van der Waals surface area contributed by atoms with Gasteiger partial charge in [-0.2, -0.15) is 0 Å². The second-order valence-electron chi connectivity index (χ2n) is 6.12. The van der Waals surface area contributed by atoms with E-state index in [1.54, 1.807) is 36.4 Å². The lowest BCUT2D eigenvalue weighted by Gasteiger charge is -2.15. The number of nitrogens with zero attached hydrogens (tertiary/aromatic N) is 1. The molecule has 3 N–H and O–H groups in total. The Kier molecular flexibility index (Phi) is 4.06. The predicted molar refractivity (Wildman–Crippen MR) is 103 cm³/mol. The molecule has 0 bridgehead atoms. The van der Waals surface area contributed by atoms with E-state index in [0.29, 0.717) is 16.5 Å². The fourth-order valence-corrected chi connectivity index (χ4v) is 4.18. The molecule has 4 rings (SSSR count). The van der Waals surface area contributed by atoms with Crippen LogP contribution in [-0.2, 0) is 10.0 Å². The molecule has 0 fully saturated rings. The van der Waals surface area contributed by atoms with Crippen LogP contribution in [0.1, 0.15) is 16.4 Å². The molecule has 0 aromatic heterocycles. The molecular weight excluding hydrogens is 346 g/mol. The zero-order valence-electron chi connectivity index (χ0n) is 13.8. The number of rotatable bonds is 3. The monoisotopic (exact) mass is 363 g/mol. The van der Waals surface area contributed by atoms with Gasteiger partial charge in [0.25, 0.3) is 0 Å². The molecule has 26 heavy (non-hydrogen) atoms. The van der Waals surface area contributed by atoms with Crippen LogP contribution >= 0.6 is 0 Å². The zero-order valence-corrected chi connectivity index (χ0v) is 14.6. The summed E-state index contributed by atoms with van der Waals surface area (Å²) in [7, 11) is -3.83. The number of benzene rings is 3. The van der Waals surface area contributed by atoms with E-state index in [9.17, 15) is 8.42 Å². The smallest absolute Gasteiger partial charge is 0.220 e. The van der Waals surface area contributed by atoms with Crippen molar-refractivity contribution in [2.45, 2.75) is 5.25 Å². The number of fused-ring (bicyclic) bond motifs is 2. The van der Waals surface area contributed by atoms with Crippen molar-refractivity contribution >= 4 is 27.6 Å². The standard InChI is InChI=1S/C20H17N3O2S/c21-26(24,25)20(14-6-2-1-3-7-14)15-10-11-16-13-22-17-8-4-5-9-18(17)23-19(16)12-15/h1-13,20,22H,(H2,21,24,25). The average Bonchev–Trinajstić information content (AvgIpc) is 2.80. The summed E-state index contributed by atoms with van der Waals surface area (Å²) >= 11 is 0. The SMILES string of the molecule is NS(=O)(=O)C(c1ccccc1)c1ccc2c(c1)=Nc1ccccc1NC=2. The van der Waals surface area contributed by atoms with Crippen LogP contribution in [0.25, 0.3) is 6.20 Å². The van der Waals surface area contributed by atoms with Gasteiger partial charge in [-0.1, -0.05) is 54.6 Å². The molecule has 0 saturated carbocycles. The van der Waals surface area contributed by atoms with E-state index in [4.69, 9.17) is 10.1 Å². The van der Waals surface area contributed by atoms with Crippen LogP contribution in [0.3, 0.4) is 0 Å². The largest absolute Gasteiger partial charge is 0.359 e. The first-order chi connectivity index (χ1) is 12.5. The summed E-state index contributed by atoms with van der Waals surface area (Å²) in [5.41, 5.74) is 2.92. The highest BCUT2D eigenvalue weighted by Gasteiger charge is 2.25.